The fourth-order valence-electron chi connectivity index (χ4n) is 2.71. The van der Waals surface area contributed by atoms with Crippen LogP contribution in [0.25, 0.3) is 0 Å². The van der Waals surface area contributed by atoms with E-state index in [1.165, 1.54) is 12.0 Å². The van der Waals surface area contributed by atoms with E-state index in [9.17, 15) is 0 Å². The number of aromatic nitrogens is 1. The molecule has 1 aliphatic rings. The van der Waals surface area contributed by atoms with Gasteiger partial charge in [0.15, 0.2) is 0 Å². The largest absolute Gasteiger partial charge is 0.354 e. The molecule has 5 heteroatoms. The lowest BCUT2D eigenvalue weighted by Gasteiger charge is -2.39. The van der Waals surface area contributed by atoms with Gasteiger partial charge >= 0.3 is 0 Å². The Bertz CT molecular complexity index is 430. The Hall–Kier alpha value is -0.650. The van der Waals surface area contributed by atoms with Gasteiger partial charge in [-0.15, -0.1) is 0 Å². The lowest BCUT2D eigenvalue weighted by molar-refractivity contribution is 0.192. The van der Waals surface area contributed by atoms with Crippen LogP contribution in [-0.2, 0) is 6.54 Å². The molecule has 0 saturated carbocycles. The van der Waals surface area contributed by atoms with Gasteiger partial charge in [-0.2, -0.15) is 0 Å². The first-order valence-electron chi connectivity index (χ1n) is 7.43. The third-order valence-corrected chi connectivity index (χ3v) is 4.54. The highest BCUT2D eigenvalue weighted by Crippen LogP contribution is 2.23. The number of piperazine rings is 1. The van der Waals surface area contributed by atoms with Gasteiger partial charge in [-0.25, -0.2) is 4.98 Å². The normalized spacial score (nSPS) is 18.3. The van der Waals surface area contributed by atoms with E-state index in [1.807, 2.05) is 13.2 Å². The molecule has 4 nitrogen and oxygen atoms in total. The highest BCUT2D eigenvalue weighted by atomic mass is 79.9. The smallest absolute Gasteiger partial charge is 0.133 e. The number of hydrogen-bond donors (Lipinski definition) is 1. The van der Waals surface area contributed by atoms with Gasteiger partial charge in [0.1, 0.15) is 5.82 Å². The number of halogens is 1. The van der Waals surface area contributed by atoms with Gasteiger partial charge in [0.2, 0.25) is 0 Å². The fourth-order valence-corrected chi connectivity index (χ4v) is 3.09. The van der Waals surface area contributed by atoms with Crippen LogP contribution >= 0.6 is 15.9 Å². The van der Waals surface area contributed by atoms with Crippen LogP contribution in [0.15, 0.2) is 16.7 Å². The van der Waals surface area contributed by atoms with Crippen LogP contribution in [0.1, 0.15) is 25.8 Å². The quantitative estimate of drug-likeness (QED) is 0.892. The standard InChI is InChI=1S/C15H25BrN4/c1-4-12(2)19-5-7-20(8-6-19)15-13(10-17-3)9-14(16)11-18-15/h9,11-12,17H,4-8,10H2,1-3H3. The summed E-state index contributed by atoms with van der Waals surface area (Å²) in [5.41, 5.74) is 1.26. The molecule has 1 saturated heterocycles. The molecule has 0 spiro atoms. The topological polar surface area (TPSA) is 31.4 Å². The van der Waals surface area contributed by atoms with Gasteiger partial charge in [0, 0.05) is 55.0 Å². The average molecular weight is 341 g/mol. The molecule has 0 aromatic carbocycles. The first-order valence-corrected chi connectivity index (χ1v) is 8.23. The minimum absolute atomic E-state index is 0.687. The zero-order valence-corrected chi connectivity index (χ0v) is 14.3. The van der Waals surface area contributed by atoms with Crippen molar-refractivity contribution in [3.8, 4) is 0 Å². The predicted molar refractivity (Wildman–Crippen MR) is 88.2 cm³/mol. The second-order valence-electron chi connectivity index (χ2n) is 5.45. The molecular formula is C15H25BrN4. The summed E-state index contributed by atoms with van der Waals surface area (Å²) in [5.74, 6) is 1.13. The maximum Gasteiger partial charge on any atom is 0.133 e. The van der Waals surface area contributed by atoms with Crippen molar-refractivity contribution in [1.29, 1.82) is 0 Å². The van der Waals surface area contributed by atoms with Gasteiger partial charge < -0.3 is 10.2 Å². The van der Waals surface area contributed by atoms with Crippen molar-refractivity contribution in [1.82, 2.24) is 15.2 Å². The Labute approximate surface area is 130 Å². The maximum atomic E-state index is 4.63. The van der Waals surface area contributed by atoms with Crippen molar-refractivity contribution in [2.24, 2.45) is 0 Å². The van der Waals surface area contributed by atoms with Gasteiger partial charge in [-0.05, 0) is 42.4 Å². The fraction of sp³-hybridized carbons (Fsp3) is 0.667. The highest BCUT2D eigenvalue weighted by molar-refractivity contribution is 9.10. The van der Waals surface area contributed by atoms with E-state index in [1.54, 1.807) is 0 Å². The second-order valence-corrected chi connectivity index (χ2v) is 6.36. The summed E-state index contributed by atoms with van der Waals surface area (Å²) in [7, 11) is 1.98. The molecule has 1 fully saturated rings. The molecule has 0 aliphatic carbocycles. The van der Waals surface area contributed by atoms with Crippen LogP contribution in [0.3, 0.4) is 0 Å². The van der Waals surface area contributed by atoms with Gasteiger partial charge in [0.25, 0.3) is 0 Å². The Morgan fingerprint density at radius 3 is 2.65 bits per heavy atom. The minimum atomic E-state index is 0.687. The molecule has 0 amide bonds. The molecular weight excluding hydrogens is 316 g/mol. The Morgan fingerprint density at radius 1 is 1.35 bits per heavy atom. The zero-order chi connectivity index (χ0) is 14.5. The maximum absolute atomic E-state index is 4.63. The molecule has 0 bridgehead atoms. The molecule has 112 valence electrons. The number of nitrogens with zero attached hydrogens (tertiary/aromatic N) is 3. The molecule has 2 heterocycles. The van der Waals surface area contributed by atoms with Crippen LogP contribution in [0, 0.1) is 0 Å². The molecule has 1 aromatic heterocycles. The third-order valence-electron chi connectivity index (χ3n) is 4.10. The molecule has 1 unspecified atom stereocenters. The molecule has 0 radical (unpaired) electrons. The zero-order valence-electron chi connectivity index (χ0n) is 12.7. The molecule has 1 N–H and O–H groups in total. The number of pyridine rings is 1. The number of rotatable bonds is 5. The summed E-state index contributed by atoms with van der Waals surface area (Å²) in [6, 6.07) is 2.85. The van der Waals surface area contributed by atoms with Crippen molar-refractivity contribution < 1.29 is 0 Å². The average Bonchev–Trinajstić information content (AvgIpc) is 2.47. The van der Waals surface area contributed by atoms with Crippen molar-refractivity contribution in [3.05, 3.63) is 22.3 Å². The summed E-state index contributed by atoms with van der Waals surface area (Å²) in [6.45, 7) is 9.83. The van der Waals surface area contributed by atoms with Crippen molar-refractivity contribution >= 4 is 21.7 Å². The van der Waals surface area contributed by atoms with Gasteiger partial charge in [-0.1, -0.05) is 6.92 Å². The van der Waals surface area contributed by atoms with Crippen LogP contribution in [0.4, 0.5) is 5.82 Å². The second kappa shape index (κ2) is 7.38. The summed E-state index contributed by atoms with van der Waals surface area (Å²) in [5, 5.41) is 3.23. The predicted octanol–water partition coefficient (Wildman–Crippen LogP) is 2.48. The Balaban J connectivity index is 2.06. The Morgan fingerprint density at radius 2 is 2.05 bits per heavy atom. The molecule has 20 heavy (non-hydrogen) atoms. The summed E-state index contributed by atoms with van der Waals surface area (Å²) < 4.78 is 1.05. The summed E-state index contributed by atoms with van der Waals surface area (Å²) in [4.78, 5) is 9.62. The first-order chi connectivity index (χ1) is 9.65. The van der Waals surface area contributed by atoms with Gasteiger partial charge in [0.05, 0.1) is 0 Å². The highest BCUT2D eigenvalue weighted by Gasteiger charge is 2.22. The van der Waals surface area contributed by atoms with E-state index >= 15 is 0 Å². The molecule has 1 aromatic rings. The molecule has 1 aliphatic heterocycles. The monoisotopic (exact) mass is 340 g/mol. The van der Waals surface area contributed by atoms with E-state index in [0.717, 1.165) is 43.0 Å². The number of hydrogen-bond acceptors (Lipinski definition) is 4. The van der Waals surface area contributed by atoms with E-state index in [0.29, 0.717) is 6.04 Å². The Kier molecular flexibility index (Phi) is 5.81. The van der Waals surface area contributed by atoms with Crippen LogP contribution in [0.5, 0.6) is 0 Å². The van der Waals surface area contributed by atoms with Crippen LogP contribution in [0.2, 0.25) is 0 Å². The lowest BCUT2D eigenvalue weighted by atomic mass is 10.1. The van der Waals surface area contributed by atoms with Gasteiger partial charge in [-0.3, -0.25) is 4.90 Å². The summed E-state index contributed by atoms with van der Waals surface area (Å²) in [6.07, 6.45) is 3.12. The van der Waals surface area contributed by atoms with E-state index in [2.05, 4.69) is 55.9 Å². The van der Waals surface area contributed by atoms with Crippen molar-refractivity contribution in [2.75, 3.05) is 38.1 Å². The van der Waals surface area contributed by atoms with E-state index in [-0.39, 0.29) is 0 Å². The minimum Gasteiger partial charge on any atom is -0.354 e. The van der Waals surface area contributed by atoms with Crippen LogP contribution in [-0.4, -0.2) is 49.2 Å². The van der Waals surface area contributed by atoms with E-state index < -0.39 is 0 Å². The molecule has 1 atom stereocenters. The SMILES string of the molecule is CCC(C)N1CCN(c2ncc(Br)cc2CNC)CC1. The van der Waals surface area contributed by atoms with Crippen LogP contribution < -0.4 is 10.2 Å². The van der Waals surface area contributed by atoms with E-state index in [4.69, 9.17) is 0 Å². The van der Waals surface area contributed by atoms with Crippen molar-refractivity contribution in [3.63, 3.8) is 0 Å². The van der Waals surface area contributed by atoms with Crippen molar-refractivity contribution in [2.45, 2.75) is 32.9 Å². The number of anilines is 1. The summed E-state index contributed by atoms with van der Waals surface area (Å²) >= 11 is 3.51. The first kappa shape index (κ1) is 15.7. The molecule has 2 rings (SSSR count). The third kappa shape index (κ3) is 3.71. The lowest BCUT2D eigenvalue weighted by Crippen LogP contribution is -2.50. The number of nitrogens with one attached hydrogen (secondary N) is 1.